The lowest BCUT2D eigenvalue weighted by molar-refractivity contribution is 0.697. The van der Waals surface area contributed by atoms with Crippen LogP contribution in [-0.2, 0) is 19.4 Å². The van der Waals surface area contributed by atoms with E-state index in [2.05, 4.69) is 30.3 Å². The van der Waals surface area contributed by atoms with E-state index >= 15 is 0 Å². The molecule has 4 rings (SSSR count). The van der Waals surface area contributed by atoms with Gasteiger partial charge in [-0.15, -0.1) is 21.5 Å². The molecule has 0 radical (unpaired) electrons. The van der Waals surface area contributed by atoms with Crippen molar-refractivity contribution in [2.75, 3.05) is 0 Å². The Balaban J connectivity index is 1.70. The van der Waals surface area contributed by atoms with E-state index in [1.165, 1.54) is 6.42 Å². The molecule has 0 unspecified atom stereocenters. The van der Waals surface area contributed by atoms with Gasteiger partial charge < -0.3 is 4.57 Å². The van der Waals surface area contributed by atoms with Crippen molar-refractivity contribution in [1.29, 1.82) is 0 Å². The maximum absolute atomic E-state index is 4.57. The lowest BCUT2D eigenvalue weighted by Crippen LogP contribution is -2.02. The van der Waals surface area contributed by atoms with E-state index in [9.17, 15) is 0 Å². The molecule has 0 fully saturated rings. The second-order valence-corrected chi connectivity index (χ2v) is 5.16. The first-order chi connectivity index (χ1) is 8.40. The van der Waals surface area contributed by atoms with Crippen LogP contribution in [0, 0.1) is 0 Å². The Morgan fingerprint density at radius 3 is 3.29 bits per heavy atom. The van der Waals surface area contributed by atoms with E-state index in [1.807, 2.05) is 11.6 Å². The first-order valence-corrected chi connectivity index (χ1v) is 6.60. The van der Waals surface area contributed by atoms with Crippen LogP contribution in [-0.4, -0.2) is 24.1 Å². The van der Waals surface area contributed by atoms with E-state index in [0.717, 1.165) is 41.7 Å². The fourth-order valence-corrected chi connectivity index (χ4v) is 3.08. The van der Waals surface area contributed by atoms with Crippen molar-refractivity contribution in [3.63, 3.8) is 0 Å². The van der Waals surface area contributed by atoms with Crippen molar-refractivity contribution < 1.29 is 0 Å². The lowest BCUT2D eigenvalue weighted by atomic mass is 10.3. The van der Waals surface area contributed by atoms with E-state index in [1.54, 1.807) is 11.3 Å². The molecule has 3 aromatic heterocycles. The molecule has 1 aliphatic heterocycles. The summed E-state index contributed by atoms with van der Waals surface area (Å²) in [6.07, 6.45) is 7.13. The van der Waals surface area contributed by atoms with Gasteiger partial charge in [0.15, 0.2) is 4.96 Å². The summed E-state index contributed by atoms with van der Waals surface area (Å²) in [4.78, 5) is 5.62. The van der Waals surface area contributed by atoms with Crippen LogP contribution < -0.4 is 0 Å². The number of rotatable bonds is 2. The van der Waals surface area contributed by atoms with Crippen LogP contribution in [0.15, 0.2) is 17.8 Å². The number of aryl methyl sites for hydroxylation is 1. The quantitative estimate of drug-likeness (QED) is 0.688. The topological polar surface area (TPSA) is 48.0 Å². The molecule has 0 bridgehead atoms. The van der Waals surface area contributed by atoms with Crippen molar-refractivity contribution in [2.45, 2.75) is 25.8 Å². The van der Waals surface area contributed by atoms with Crippen molar-refractivity contribution in [3.8, 4) is 0 Å². The Morgan fingerprint density at radius 2 is 2.35 bits per heavy atom. The standard InChI is InChI=1S/C11H11N5S/c1-2-9-13-14-10(16(9)3-1)6-8-7-15-4-5-17-11(15)12-8/h4-5,7H,1-3,6H2. The number of thiazole rings is 1. The highest BCUT2D eigenvalue weighted by Gasteiger charge is 2.18. The Bertz CT molecular complexity index is 648. The molecule has 0 spiro atoms. The molecular formula is C11H11N5S. The molecule has 6 heteroatoms. The van der Waals surface area contributed by atoms with Gasteiger partial charge in [0.25, 0.3) is 0 Å². The monoisotopic (exact) mass is 245 g/mol. The van der Waals surface area contributed by atoms with Crippen LogP contribution in [0.5, 0.6) is 0 Å². The van der Waals surface area contributed by atoms with Gasteiger partial charge in [-0.05, 0) is 6.42 Å². The minimum Gasteiger partial charge on any atom is -0.315 e. The van der Waals surface area contributed by atoms with Gasteiger partial charge in [-0.3, -0.25) is 4.40 Å². The summed E-state index contributed by atoms with van der Waals surface area (Å²) in [6.45, 7) is 1.06. The second-order valence-electron chi connectivity index (χ2n) is 4.29. The zero-order valence-corrected chi connectivity index (χ0v) is 10.0. The highest BCUT2D eigenvalue weighted by molar-refractivity contribution is 7.15. The van der Waals surface area contributed by atoms with Crippen molar-refractivity contribution in [3.05, 3.63) is 35.1 Å². The fourth-order valence-electron chi connectivity index (χ4n) is 2.36. The van der Waals surface area contributed by atoms with Crippen LogP contribution in [0.25, 0.3) is 4.96 Å². The molecule has 0 N–H and O–H groups in total. The predicted octanol–water partition coefficient (Wildman–Crippen LogP) is 1.52. The molecule has 0 saturated heterocycles. The van der Waals surface area contributed by atoms with Gasteiger partial charge in [-0.1, -0.05) is 0 Å². The minimum atomic E-state index is 0.779. The van der Waals surface area contributed by atoms with Crippen LogP contribution in [0.4, 0.5) is 0 Å². The molecule has 0 atom stereocenters. The summed E-state index contributed by atoms with van der Waals surface area (Å²) >= 11 is 1.66. The maximum Gasteiger partial charge on any atom is 0.193 e. The maximum atomic E-state index is 4.57. The average Bonchev–Trinajstić information content (AvgIpc) is 2.99. The summed E-state index contributed by atoms with van der Waals surface area (Å²) < 4.78 is 4.29. The molecule has 3 aromatic rings. The number of hydrogen-bond donors (Lipinski definition) is 0. The van der Waals surface area contributed by atoms with Gasteiger partial charge >= 0.3 is 0 Å². The third-order valence-corrected chi connectivity index (χ3v) is 3.94. The average molecular weight is 245 g/mol. The molecule has 0 saturated carbocycles. The molecule has 17 heavy (non-hydrogen) atoms. The Labute approximate surface area is 102 Å². The minimum absolute atomic E-state index is 0.779. The summed E-state index contributed by atoms with van der Waals surface area (Å²) in [5.74, 6) is 2.17. The zero-order valence-electron chi connectivity index (χ0n) is 9.20. The Hall–Kier alpha value is -1.69. The number of fused-ring (bicyclic) bond motifs is 2. The molecule has 4 heterocycles. The smallest absolute Gasteiger partial charge is 0.193 e. The lowest BCUT2D eigenvalue weighted by Gasteiger charge is -1.99. The first-order valence-electron chi connectivity index (χ1n) is 5.72. The summed E-state index contributed by atoms with van der Waals surface area (Å²) in [5.41, 5.74) is 1.07. The third-order valence-electron chi connectivity index (χ3n) is 3.17. The van der Waals surface area contributed by atoms with E-state index < -0.39 is 0 Å². The van der Waals surface area contributed by atoms with Crippen LogP contribution in [0.2, 0.25) is 0 Å². The van der Waals surface area contributed by atoms with E-state index in [0.29, 0.717) is 0 Å². The highest BCUT2D eigenvalue weighted by atomic mass is 32.1. The third kappa shape index (κ3) is 1.40. The van der Waals surface area contributed by atoms with Crippen LogP contribution in [0.1, 0.15) is 23.8 Å². The SMILES string of the molecule is c1cn2cc(Cc3nnc4n3CCC4)nc2s1. The molecular weight excluding hydrogens is 234 g/mol. The number of aromatic nitrogens is 5. The van der Waals surface area contributed by atoms with Gasteiger partial charge in [0, 0.05) is 30.7 Å². The molecule has 5 nitrogen and oxygen atoms in total. The van der Waals surface area contributed by atoms with Gasteiger partial charge in [-0.2, -0.15) is 0 Å². The van der Waals surface area contributed by atoms with Crippen LogP contribution >= 0.6 is 11.3 Å². The number of nitrogens with zero attached hydrogens (tertiary/aromatic N) is 5. The second kappa shape index (κ2) is 3.40. The number of hydrogen-bond acceptors (Lipinski definition) is 4. The van der Waals surface area contributed by atoms with Crippen molar-refractivity contribution in [2.24, 2.45) is 0 Å². The predicted molar refractivity (Wildman–Crippen MR) is 64.2 cm³/mol. The van der Waals surface area contributed by atoms with Gasteiger partial charge in [0.1, 0.15) is 11.6 Å². The Morgan fingerprint density at radius 1 is 1.35 bits per heavy atom. The van der Waals surface area contributed by atoms with Gasteiger partial charge in [0.05, 0.1) is 12.1 Å². The first kappa shape index (κ1) is 9.35. The molecule has 0 aromatic carbocycles. The summed E-state index contributed by atoms with van der Waals surface area (Å²) in [7, 11) is 0. The zero-order chi connectivity index (χ0) is 11.2. The molecule has 0 amide bonds. The van der Waals surface area contributed by atoms with E-state index in [-0.39, 0.29) is 0 Å². The Kier molecular flexibility index (Phi) is 1.87. The van der Waals surface area contributed by atoms with E-state index in [4.69, 9.17) is 0 Å². The largest absolute Gasteiger partial charge is 0.315 e. The van der Waals surface area contributed by atoms with Crippen molar-refractivity contribution >= 4 is 16.3 Å². The highest BCUT2D eigenvalue weighted by Crippen LogP contribution is 2.18. The van der Waals surface area contributed by atoms with Gasteiger partial charge in [0.2, 0.25) is 0 Å². The summed E-state index contributed by atoms with van der Waals surface area (Å²) in [6, 6.07) is 0. The number of imidazole rings is 1. The molecule has 0 aliphatic carbocycles. The van der Waals surface area contributed by atoms with Crippen molar-refractivity contribution in [1.82, 2.24) is 24.1 Å². The normalized spacial score (nSPS) is 14.6. The molecule has 1 aliphatic rings. The fraction of sp³-hybridized carbons (Fsp3) is 0.364. The van der Waals surface area contributed by atoms with Gasteiger partial charge in [-0.25, -0.2) is 4.98 Å². The summed E-state index contributed by atoms with van der Waals surface area (Å²) in [5, 5.41) is 10.5. The molecule has 86 valence electrons. The van der Waals surface area contributed by atoms with Crippen LogP contribution in [0.3, 0.4) is 0 Å².